The number of esters is 1. The second-order valence-corrected chi connectivity index (χ2v) is 6.81. The van der Waals surface area contributed by atoms with Crippen molar-refractivity contribution in [2.45, 2.75) is 38.8 Å². The second kappa shape index (κ2) is 7.30. The number of benzene rings is 1. The Balaban J connectivity index is 1.70. The molecule has 27 heavy (non-hydrogen) atoms. The molecule has 3 rings (SSSR count). The molecule has 1 aromatic carbocycles. The van der Waals surface area contributed by atoms with E-state index >= 15 is 0 Å². The number of non-ortho nitro benzene ring substituents is 1. The fourth-order valence-corrected chi connectivity index (χ4v) is 3.55. The highest BCUT2D eigenvalue weighted by atomic mass is 16.6. The fraction of sp³-hybridized carbons (Fsp3) is 0.421. The zero-order valence-electron chi connectivity index (χ0n) is 15.0. The summed E-state index contributed by atoms with van der Waals surface area (Å²) in [6.07, 6.45) is 4.00. The SMILES string of the molecule is C[C@@H](OC(=O)[C@H](C)N1C(=O)[C@H]2CC=CC[C@H]2C1=O)c1cccc([N+](=O)[O-])c1. The first-order valence-electron chi connectivity index (χ1n) is 8.78. The number of carbonyl (C=O) groups excluding carboxylic acids is 3. The number of likely N-dealkylation sites (tertiary alicyclic amines) is 1. The lowest BCUT2D eigenvalue weighted by Gasteiger charge is -2.23. The number of fused-ring (bicyclic) bond motifs is 1. The largest absolute Gasteiger partial charge is 0.456 e. The van der Waals surface area contributed by atoms with E-state index in [4.69, 9.17) is 4.74 Å². The van der Waals surface area contributed by atoms with E-state index in [1.54, 1.807) is 13.0 Å². The van der Waals surface area contributed by atoms with Gasteiger partial charge in [-0.2, -0.15) is 0 Å². The minimum atomic E-state index is -1.04. The third-order valence-electron chi connectivity index (χ3n) is 5.11. The molecule has 1 fully saturated rings. The molecule has 0 N–H and O–H groups in total. The monoisotopic (exact) mass is 372 g/mol. The van der Waals surface area contributed by atoms with Gasteiger partial charge in [-0.3, -0.25) is 24.6 Å². The van der Waals surface area contributed by atoms with E-state index in [2.05, 4.69) is 0 Å². The van der Waals surface area contributed by atoms with Gasteiger partial charge in [-0.15, -0.1) is 0 Å². The topological polar surface area (TPSA) is 107 Å². The van der Waals surface area contributed by atoms with Crippen molar-refractivity contribution in [1.29, 1.82) is 0 Å². The first kappa shape index (κ1) is 18.8. The highest BCUT2D eigenvalue weighted by Crippen LogP contribution is 2.36. The maximum atomic E-state index is 12.6. The van der Waals surface area contributed by atoms with Crippen LogP contribution in [0, 0.1) is 22.0 Å². The molecule has 8 heteroatoms. The van der Waals surface area contributed by atoms with Crippen molar-refractivity contribution in [3.05, 3.63) is 52.1 Å². The van der Waals surface area contributed by atoms with E-state index in [1.165, 1.54) is 25.1 Å². The molecule has 1 aliphatic heterocycles. The molecule has 1 aromatic rings. The zero-order valence-corrected chi connectivity index (χ0v) is 15.0. The number of rotatable bonds is 5. The summed E-state index contributed by atoms with van der Waals surface area (Å²) in [5.41, 5.74) is 0.353. The summed E-state index contributed by atoms with van der Waals surface area (Å²) < 4.78 is 5.37. The van der Waals surface area contributed by atoms with Crippen molar-refractivity contribution in [3.8, 4) is 0 Å². The van der Waals surface area contributed by atoms with Crippen molar-refractivity contribution >= 4 is 23.5 Å². The first-order valence-corrected chi connectivity index (χ1v) is 8.78. The van der Waals surface area contributed by atoms with E-state index < -0.39 is 34.9 Å². The van der Waals surface area contributed by atoms with Crippen LogP contribution in [0.4, 0.5) is 5.69 Å². The van der Waals surface area contributed by atoms with Gasteiger partial charge in [0, 0.05) is 12.1 Å². The molecule has 1 heterocycles. The standard InChI is InChI=1S/C19H20N2O6/c1-11(20-17(22)15-8-3-4-9-16(15)18(20)23)19(24)27-12(2)13-6-5-7-14(10-13)21(25)26/h3-7,10-12,15-16H,8-9H2,1-2H3/t11-,12+,15-,16+/m0/s1. The number of allylic oxidation sites excluding steroid dienone is 2. The summed E-state index contributed by atoms with van der Waals surface area (Å²) in [7, 11) is 0. The number of hydrogen-bond acceptors (Lipinski definition) is 6. The Hall–Kier alpha value is -3.03. The van der Waals surface area contributed by atoms with E-state index in [1.807, 2.05) is 12.2 Å². The minimum Gasteiger partial charge on any atom is -0.456 e. The average molecular weight is 372 g/mol. The molecular weight excluding hydrogens is 352 g/mol. The van der Waals surface area contributed by atoms with Crippen molar-refractivity contribution in [3.63, 3.8) is 0 Å². The van der Waals surface area contributed by atoms with Crippen LogP contribution in [0.25, 0.3) is 0 Å². The Morgan fingerprint density at radius 3 is 2.33 bits per heavy atom. The molecule has 0 saturated carbocycles. The summed E-state index contributed by atoms with van der Waals surface area (Å²) in [5, 5.41) is 10.9. The lowest BCUT2D eigenvalue weighted by molar-refractivity contribution is -0.385. The number of imide groups is 1. The zero-order chi connectivity index (χ0) is 19.7. The minimum absolute atomic E-state index is 0.107. The van der Waals surface area contributed by atoms with Crippen molar-refractivity contribution < 1.29 is 24.0 Å². The molecule has 0 unspecified atom stereocenters. The van der Waals surface area contributed by atoms with Crippen LogP contribution in [0.15, 0.2) is 36.4 Å². The maximum Gasteiger partial charge on any atom is 0.329 e. The summed E-state index contributed by atoms with van der Waals surface area (Å²) in [5.74, 6) is -2.23. The molecule has 2 aliphatic rings. The molecule has 1 saturated heterocycles. The number of nitro benzene ring substituents is 1. The molecule has 0 spiro atoms. The van der Waals surface area contributed by atoms with Gasteiger partial charge in [0.15, 0.2) is 0 Å². The maximum absolute atomic E-state index is 12.6. The van der Waals surface area contributed by atoms with Crippen LogP contribution in [0.1, 0.15) is 38.4 Å². The van der Waals surface area contributed by atoms with Crippen LogP contribution in [-0.2, 0) is 19.1 Å². The van der Waals surface area contributed by atoms with Gasteiger partial charge in [0.25, 0.3) is 5.69 Å². The molecule has 2 amide bonds. The van der Waals surface area contributed by atoms with Gasteiger partial charge < -0.3 is 4.74 Å². The molecule has 0 aromatic heterocycles. The second-order valence-electron chi connectivity index (χ2n) is 6.81. The summed E-state index contributed by atoms with van der Waals surface area (Å²) in [4.78, 5) is 49.0. The average Bonchev–Trinajstić information content (AvgIpc) is 2.92. The van der Waals surface area contributed by atoms with Gasteiger partial charge in [0.1, 0.15) is 12.1 Å². The van der Waals surface area contributed by atoms with Crippen LogP contribution in [-0.4, -0.2) is 33.6 Å². The third kappa shape index (κ3) is 3.47. The molecule has 0 bridgehead atoms. The first-order chi connectivity index (χ1) is 12.8. The van der Waals surface area contributed by atoms with Crippen molar-refractivity contribution in [2.24, 2.45) is 11.8 Å². The van der Waals surface area contributed by atoms with Crippen LogP contribution < -0.4 is 0 Å². The lowest BCUT2D eigenvalue weighted by Crippen LogP contribution is -2.44. The van der Waals surface area contributed by atoms with E-state index in [9.17, 15) is 24.5 Å². The Morgan fingerprint density at radius 2 is 1.78 bits per heavy atom. The van der Waals surface area contributed by atoms with Gasteiger partial charge in [0.05, 0.1) is 16.8 Å². The van der Waals surface area contributed by atoms with Gasteiger partial charge in [0.2, 0.25) is 11.8 Å². The van der Waals surface area contributed by atoms with E-state index in [-0.39, 0.29) is 17.5 Å². The predicted octanol–water partition coefficient (Wildman–Crippen LogP) is 2.54. The highest BCUT2D eigenvalue weighted by molar-refractivity contribution is 6.08. The van der Waals surface area contributed by atoms with Crippen LogP contribution in [0.3, 0.4) is 0 Å². The van der Waals surface area contributed by atoms with Gasteiger partial charge in [-0.25, -0.2) is 4.79 Å². The molecular formula is C19H20N2O6. The smallest absolute Gasteiger partial charge is 0.329 e. The summed E-state index contributed by atoms with van der Waals surface area (Å²) in [6, 6.07) is 4.75. The molecule has 1 aliphatic carbocycles. The summed E-state index contributed by atoms with van der Waals surface area (Å²) >= 11 is 0. The molecule has 8 nitrogen and oxygen atoms in total. The number of nitro groups is 1. The van der Waals surface area contributed by atoms with Crippen LogP contribution in [0.2, 0.25) is 0 Å². The normalized spacial score (nSPS) is 23.7. The fourth-order valence-electron chi connectivity index (χ4n) is 3.55. The van der Waals surface area contributed by atoms with E-state index in [0.717, 1.165) is 4.90 Å². The predicted molar refractivity (Wildman–Crippen MR) is 94.3 cm³/mol. The van der Waals surface area contributed by atoms with E-state index in [0.29, 0.717) is 18.4 Å². The number of carbonyl (C=O) groups is 3. The molecule has 4 atom stereocenters. The summed E-state index contributed by atoms with van der Waals surface area (Å²) in [6.45, 7) is 3.05. The van der Waals surface area contributed by atoms with Gasteiger partial charge >= 0.3 is 5.97 Å². The Kier molecular flexibility index (Phi) is 5.07. The van der Waals surface area contributed by atoms with Crippen LogP contribution >= 0.6 is 0 Å². The number of ether oxygens (including phenoxy) is 1. The number of hydrogen-bond donors (Lipinski definition) is 0. The molecule has 142 valence electrons. The van der Waals surface area contributed by atoms with Gasteiger partial charge in [-0.05, 0) is 32.3 Å². The Bertz CT molecular complexity index is 807. The van der Waals surface area contributed by atoms with Crippen molar-refractivity contribution in [1.82, 2.24) is 4.90 Å². The quantitative estimate of drug-likeness (QED) is 0.258. The lowest BCUT2D eigenvalue weighted by atomic mass is 9.85. The number of nitrogens with zero attached hydrogens (tertiary/aromatic N) is 2. The van der Waals surface area contributed by atoms with Crippen molar-refractivity contribution in [2.75, 3.05) is 0 Å². The highest BCUT2D eigenvalue weighted by Gasteiger charge is 2.50. The van der Waals surface area contributed by atoms with Crippen LogP contribution in [0.5, 0.6) is 0 Å². The molecule has 0 radical (unpaired) electrons. The number of amides is 2. The third-order valence-corrected chi connectivity index (χ3v) is 5.11. The van der Waals surface area contributed by atoms with Gasteiger partial charge in [-0.1, -0.05) is 24.3 Å². The Morgan fingerprint density at radius 1 is 1.19 bits per heavy atom. The Labute approximate surface area is 155 Å².